The summed E-state index contributed by atoms with van der Waals surface area (Å²) in [6, 6.07) is 14.3. The highest BCUT2D eigenvalue weighted by atomic mass is 32.1. The number of nitrogens with zero attached hydrogens (tertiary/aromatic N) is 2. The molecule has 0 aliphatic heterocycles. The molecule has 1 heterocycles. The van der Waals surface area contributed by atoms with Gasteiger partial charge in [0.05, 0.1) is 6.42 Å². The maximum absolute atomic E-state index is 14.5. The zero-order valence-corrected chi connectivity index (χ0v) is 14.8. The van der Waals surface area contributed by atoms with Crippen LogP contribution in [0.25, 0.3) is 11.1 Å². The number of hydrogen-bond donors (Lipinski definition) is 1. The first-order valence-electron chi connectivity index (χ1n) is 7.96. The van der Waals surface area contributed by atoms with Crippen molar-refractivity contribution in [1.29, 1.82) is 0 Å². The number of Topliss-reactive ketones (excluding diaryl/α,β-unsaturated/α-hetero) is 1. The van der Waals surface area contributed by atoms with Crippen LogP contribution >= 0.6 is 11.5 Å². The molecule has 0 bridgehead atoms. The predicted octanol–water partition coefficient (Wildman–Crippen LogP) is 4.30. The fourth-order valence-electron chi connectivity index (χ4n) is 2.57. The summed E-state index contributed by atoms with van der Waals surface area (Å²) in [6.07, 6.45) is 0.140. The molecule has 1 aromatic heterocycles. The fraction of sp³-hybridized carbons (Fsp3) is 0.211. The van der Waals surface area contributed by atoms with Crippen LogP contribution in [0.2, 0.25) is 0 Å². The number of carbonyl (C=O) groups excluding carboxylic acids is 1. The van der Waals surface area contributed by atoms with E-state index in [0.717, 1.165) is 5.56 Å². The van der Waals surface area contributed by atoms with Crippen molar-refractivity contribution in [1.82, 2.24) is 9.36 Å². The summed E-state index contributed by atoms with van der Waals surface area (Å²) in [6.45, 7) is 1.78. The second-order valence-corrected chi connectivity index (χ2v) is 6.49. The van der Waals surface area contributed by atoms with Crippen LogP contribution in [0, 0.1) is 5.82 Å². The van der Waals surface area contributed by atoms with Gasteiger partial charge in [0.25, 0.3) is 0 Å². The molecule has 4 nitrogen and oxygen atoms in total. The highest BCUT2D eigenvalue weighted by Gasteiger charge is 2.19. The van der Waals surface area contributed by atoms with Crippen LogP contribution in [0.4, 0.5) is 9.52 Å². The van der Waals surface area contributed by atoms with Gasteiger partial charge in [0.15, 0.2) is 5.82 Å². The Morgan fingerprint density at radius 2 is 2.00 bits per heavy atom. The number of hydrogen-bond acceptors (Lipinski definition) is 5. The van der Waals surface area contributed by atoms with Gasteiger partial charge in [-0.2, -0.15) is 4.37 Å². The number of nitrogens with one attached hydrogen (secondary N) is 1. The van der Waals surface area contributed by atoms with Crippen LogP contribution in [-0.4, -0.2) is 22.2 Å². The van der Waals surface area contributed by atoms with Crippen LogP contribution in [0.3, 0.4) is 0 Å². The van der Waals surface area contributed by atoms with E-state index in [4.69, 9.17) is 0 Å². The van der Waals surface area contributed by atoms with Crippen LogP contribution in [0.1, 0.15) is 24.2 Å². The molecular formula is C19H18FN3OS. The standard InChI is InChI=1S/C19H18FN3OS/c1-12(17(24)11-18-22-19(21-2)25-23-18)14-8-9-15(16(20)10-14)13-6-4-3-5-7-13/h3-10,12H,11H2,1-2H3,(H,21,22,23). The van der Waals surface area contributed by atoms with Crippen molar-refractivity contribution in [3.63, 3.8) is 0 Å². The second-order valence-electron chi connectivity index (χ2n) is 5.74. The summed E-state index contributed by atoms with van der Waals surface area (Å²) in [5.41, 5.74) is 2.01. The van der Waals surface area contributed by atoms with E-state index < -0.39 is 5.92 Å². The summed E-state index contributed by atoms with van der Waals surface area (Å²) >= 11 is 1.22. The number of anilines is 1. The van der Waals surface area contributed by atoms with Gasteiger partial charge in [-0.3, -0.25) is 4.79 Å². The molecule has 128 valence electrons. The van der Waals surface area contributed by atoms with E-state index in [1.165, 1.54) is 17.6 Å². The summed E-state index contributed by atoms with van der Waals surface area (Å²) < 4.78 is 18.6. The molecule has 0 aliphatic rings. The van der Waals surface area contributed by atoms with Crippen molar-refractivity contribution < 1.29 is 9.18 Å². The van der Waals surface area contributed by atoms with E-state index in [2.05, 4.69) is 14.7 Å². The molecule has 0 saturated carbocycles. The minimum absolute atomic E-state index is 0.0349. The molecule has 1 N–H and O–H groups in total. The first-order valence-corrected chi connectivity index (χ1v) is 8.73. The lowest BCUT2D eigenvalue weighted by Crippen LogP contribution is -2.13. The molecule has 0 radical (unpaired) electrons. The van der Waals surface area contributed by atoms with Gasteiger partial charge >= 0.3 is 0 Å². The molecule has 0 aliphatic carbocycles. The highest BCUT2D eigenvalue weighted by Crippen LogP contribution is 2.27. The van der Waals surface area contributed by atoms with Crippen LogP contribution < -0.4 is 5.32 Å². The highest BCUT2D eigenvalue weighted by molar-refractivity contribution is 7.09. The first-order chi connectivity index (χ1) is 12.1. The molecule has 6 heteroatoms. The number of rotatable bonds is 6. The lowest BCUT2D eigenvalue weighted by atomic mass is 9.92. The quantitative estimate of drug-likeness (QED) is 0.716. The Morgan fingerprint density at radius 3 is 2.64 bits per heavy atom. The molecule has 1 atom stereocenters. The third kappa shape index (κ3) is 3.91. The lowest BCUT2D eigenvalue weighted by Gasteiger charge is -2.12. The number of ketones is 1. The Balaban J connectivity index is 1.76. The molecule has 3 rings (SSSR count). The second kappa shape index (κ2) is 7.53. The maximum Gasteiger partial charge on any atom is 0.202 e. The zero-order chi connectivity index (χ0) is 17.8. The Kier molecular flexibility index (Phi) is 5.19. The van der Waals surface area contributed by atoms with E-state index in [1.807, 2.05) is 36.4 Å². The summed E-state index contributed by atoms with van der Waals surface area (Å²) in [5, 5.41) is 3.57. The smallest absolute Gasteiger partial charge is 0.202 e. The van der Waals surface area contributed by atoms with E-state index in [-0.39, 0.29) is 18.0 Å². The third-order valence-electron chi connectivity index (χ3n) is 4.08. The minimum Gasteiger partial charge on any atom is -0.363 e. The predicted molar refractivity (Wildman–Crippen MR) is 98.4 cm³/mol. The van der Waals surface area contributed by atoms with Crippen molar-refractivity contribution in [2.24, 2.45) is 0 Å². The molecule has 1 unspecified atom stereocenters. The summed E-state index contributed by atoms with van der Waals surface area (Å²) in [7, 11) is 1.76. The van der Waals surface area contributed by atoms with E-state index >= 15 is 0 Å². The Labute approximate surface area is 149 Å². The molecule has 0 fully saturated rings. The average Bonchev–Trinajstić information content (AvgIpc) is 3.09. The monoisotopic (exact) mass is 355 g/mol. The largest absolute Gasteiger partial charge is 0.363 e. The zero-order valence-electron chi connectivity index (χ0n) is 14.0. The van der Waals surface area contributed by atoms with Crippen molar-refractivity contribution in [3.8, 4) is 11.1 Å². The van der Waals surface area contributed by atoms with Gasteiger partial charge < -0.3 is 5.32 Å². The van der Waals surface area contributed by atoms with E-state index in [1.54, 1.807) is 20.0 Å². The molecule has 0 saturated heterocycles. The molecule has 3 aromatic rings. The fourth-order valence-corrected chi connectivity index (χ4v) is 3.11. The molecule has 2 aromatic carbocycles. The van der Waals surface area contributed by atoms with E-state index in [0.29, 0.717) is 22.1 Å². The van der Waals surface area contributed by atoms with Gasteiger partial charge in [0.2, 0.25) is 5.13 Å². The maximum atomic E-state index is 14.5. The molecule has 0 spiro atoms. The van der Waals surface area contributed by atoms with Gasteiger partial charge in [-0.1, -0.05) is 49.4 Å². The number of benzene rings is 2. The lowest BCUT2D eigenvalue weighted by molar-refractivity contribution is -0.119. The first kappa shape index (κ1) is 17.2. The Morgan fingerprint density at radius 1 is 1.24 bits per heavy atom. The van der Waals surface area contributed by atoms with Gasteiger partial charge in [-0.05, 0) is 17.2 Å². The van der Waals surface area contributed by atoms with Crippen molar-refractivity contribution in [3.05, 3.63) is 65.7 Å². The minimum atomic E-state index is -0.416. The molecule has 25 heavy (non-hydrogen) atoms. The van der Waals surface area contributed by atoms with Gasteiger partial charge in [-0.15, -0.1) is 0 Å². The van der Waals surface area contributed by atoms with Crippen molar-refractivity contribution in [2.45, 2.75) is 19.3 Å². The topological polar surface area (TPSA) is 54.9 Å². The molecular weight excluding hydrogens is 337 g/mol. The Hall–Kier alpha value is -2.60. The summed E-state index contributed by atoms with van der Waals surface area (Å²) in [5.74, 6) is -0.284. The summed E-state index contributed by atoms with van der Waals surface area (Å²) in [4.78, 5) is 16.7. The normalized spacial score (nSPS) is 12.0. The third-order valence-corrected chi connectivity index (χ3v) is 4.85. The SMILES string of the molecule is CNc1nc(CC(=O)C(C)c2ccc(-c3ccccc3)c(F)c2)ns1. The van der Waals surface area contributed by atoms with E-state index in [9.17, 15) is 9.18 Å². The Bertz CT molecular complexity index is 879. The van der Waals surface area contributed by atoms with Crippen LogP contribution in [0.5, 0.6) is 0 Å². The average molecular weight is 355 g/mol. The number of aromatic nitrogens is 2. The van der Waals surface area contributed by atoms with Gasteiger partial charge in [0, 0.05) is 30.1 Å². The van der Waals surface area contributed by atoms with Crippen molar-refractivity contribution >= 4 is 22.4 Å². The van der Waals surface area contributed by atoms with Crippen molar-refractivity contribution in [2.75, 3.05) is 12.4 Å². The van der Waals surface area contributed by atoms with Gasteiger partial charge in [-0.25, -0.2) is 9.37 Å². The number of carbonyl (C=O) groups is 1. The number of halogens is 1. The van der Waals surface area contributed by atoms with Gasteiger partial charge in [0.1, 0.15) is 11.6 Å². The molecule has 0 amide bonds. The van der Waals surface area contributed by atoms with Crippen LogP contribution in [0.15, 0.2) is 48.5 Å². The van der Waals surface area contributed by atoms with Crippen LogP contribution in [-0.2, 0) is 11.2 Å².